The standard InChI is InChI=1S/C21H32FNO3.3H2S/c1-14(2)9-16-13-23-7-5-15-10-20(24-3)21(25-4)11-17(15)18(23)12-19(16)26-8-6-22;;;/h10-11,14,16,18-19H,5-9,12-13H2,1-4H3;3*1H2/t16-,18-,19-;;;/m0.../s1/i22-1;;;. The first-order chi connectivity index (χ1) is 12.6. The fourth-order valence-corrected chi connectivity index (χ4v) is 4.64. The molecule has 3 rings (SSSR count). The average Bonchev–Trinajstić information content (AvgIpc) is 2.64. The van der Waals surface area contributed by atoms with Gasteiger partial charge >= 0.3 is 0 Å². The Morgan fingerprint density at radius 1 is 1.10 bits per heavy atom. The number of nitrogens with zero attached hydrogens (tertiary/aromatic N) is 1. The van der Waals surface area contributed by atoms with Crippen molar-refractivity contribution in [3.63, 3.8) is 0 Å². The van der Waals surface area contributed by atoms with Gasteiger partial charge in [-0.05, 0) is 54.4 Å². The molecule has 29 heavy (non-hydrogen) atoms. The summed E-state index contributed by atoms with van der Waals surface area (Å²) in [6.45, 7) is 6.36. The van der Waals surface area contributed by atoms with Crippen LogP contribution in [0.3, 0.4) is 0 Å². The first-order valence-electron chi connectivity index (χ1n) is 9.73. The quantitative estimate of drug-likeness (QED) is 0.597. The molecular formula is C21H38FNO3S3. The molecular weight excluding hydrogens is 428 g/mol. The predicted octanol–water partition coefficient (Wildman–Crippen LogP) is 4.36. The van der Waals surface area contributed by atoms with Crippen molar-refractivity contribution in [1.82, 2.24) is 4.90 Å². The molecule has 0 aliphatic carbocycles. The number of methoxy groups -OCH3 is 2. The average molecular weight is 467 g/mol. The van der Waals surface area contributed by atoms with Crippen LogP contribution in [0.15, 0.2) is 12.1 Å². The minimum atomic E-state index is -0.416. The van der Waals surface area contributed by atoms with Gasteiger partial charge in [-0.1, -0.05) is 13.8 Å². The summed E-state index contributed by atoms with van der Waals surface area (Å²) in [4.78, 5) is 2.58. The normalized spacial score (nSPS) is 23.0. The third-order valence-electron chi connectivity index (χ3n) is 5.75. The Bertz CT molecular complexity index is 621. The van der Waals surface area contributed by atoms with E-state index in [1.807, 2.05) is 0 Å². The molecule has 2 heterocycles. The Morgan fingerprint density at radius 3 is 2.34 bits per heavy atom. The Kier molecular flexibility index (Phi) is 13.1. The summed E-state index contributed by atoms with van der Waals surface area (Å²) in [5.74, 6) is 2.66. The number of piperidine rings is 1. The Hall–Kier alpha value is -0.280. The van der Waals surface area contributed by atoms with Crippen LogP contribution < -0.4 is 9.47 Å². The minimum absolute atomic E-state index is 0. The van der Waals surface area contributed by atoms with Gasteiger partial charge in [0.25, 0.3) is 0 Å². The van der Waals surface area contributed by atoms with Crippen molar-refractivity contribution in [1.29, 1.82) is 0 Å². The molecule has 0 saturated carbocycles. The van der Waals surface area contributed by atoms with Crippen LogP contribution in [0.4, 0.5) is 4.39 Å². The zero-order valence-corrected chi connectivity index (χ0v) is 21.0. The van der Waals surface area contributed by atoms with E-state index < -0.39 is 6.67 Å². The van der Waals surface area contributed by atoms with Crippen molar-refractivity contribution >= 4 is 40.5 Å². The molecule has 0 amide bonds. The summed E-state index contributed by atoms with van der Waals surface area (Å²) in [6.07, 6.45) is 3.18. The molecule has 0 N–H and O–H groups in total. The van der Waals surface area contributed by atoms with Crippen molar-refractivity contribution in [3.8, 4) is 11.5 Å². The summed E-state index contributed by atoms with van der Waals surface area (Å²) < 4.78 is 29.7. The first-order valence-corrected chi connectivity index (χ1v) is 9.73. The second kappa shape index (κ2) is 13.2. The summed E-state index contributed by atoms with van der Waals surface area (Å²) >= 11 is 0. The van der Waals surface area contributed by atoms with E-state index in [1.165, 1.54) is 11.1 Å². The van der Waals surface area contributed by atoms with Crippen LogP contribution in [0.2, 0.25) is 0 Å². The van der Waals surface area contributed by atoms with E-state index in [1.54, 1.807) is 14.2 Å². The highest BCUT2D eigenvalue weighted by Gasteiger charge is 2.40. The number of hydrogen-bond donors (Lipinski definition) is 0. The van der Waals surface area contributed by atoms with Gasteiger partial charge in [0, 0.05) is 19.1 Å². The van der Waals surface area contributed by atoms with E-state index >= 15 is 0 Å². The van der Waals surface area contributed by atoms with E-state index in [0.717, 1.165) is 43.9 Å². The molecule has 170 valence electrons. The van der Waals surface area contributed by atoms with Gasteiger partial charge in [-0.2, -0.15) is 40.5 Å². The molecule has 3 atom stereocenters. The van der Waals surface area contributed by atoms with E-state index in [0.29, 0.717) is 17.9 Å². The molecule has 0 bridgehead atoms. The largest absolute Gasteiger partial charge is 0.493 e. The van der Waals surface area contributed by atoms with Gasteiger partial charge < -0.3 is 14.2 Å². The van der Waals surface area contributed by atoms with Gasteiger partial charge in [-0.25, -0.2) is 4.39 Å². The number of halogens is 1. The van der Waals surface area contributed by atoms with Gasteiger partial charge in [-0.3, -0.25) is 4.90 Å². The number of ether oxygens (including phenoxy) is 3. The highest BCUT2D eigenvalue weighted by Crippen LogP contribution is 2.44. The number of alkyl halides is 1. The topological polar surface area (TPSA) is 30.9 Å². The van der Waals surface area contributed by atoms with E-state index in [9.17, 15) is 4.39 Å². The Balaban J connectivity index is 0.00000261. The highest BCUT2D eigenvalue weighted by atomic mass is 32.1. The Morgan fingerprint density at radius 2 is 1.76 bits per heavy atom. The van der Waals surface area contributed by atoms with E-state index in [4.69, 9.17) is 14.2 Å². The summed E-state index contributed by atoms with van der Waals surface area (Å²) in [5.41, 5.74) is 2.64. The van der Waals surface area contributed by atoms with Crippen molar-refractivity contribution < 1.29 is 18.6 Å². The minimum Gasteiger partial charge on any atom is -0.493 e. The molecule has 0 radical (unpaired) electrons. The number of fused-ring (bicyclic) bond motifs is 3. The molecule has 1 aromatic rings. The van der Waals surface area contributed by atoms with Crippen LogP contribution in [0.1, 0.15) is 43.9 Å². The molecule has 8 heteroatoms. The zero-order chi connectivity index (χ0) is 18.7. The van der Waals surface area contributed by atoms with Crippen LogP contribution in [-0.4, -0.2) is 51.6 Å². The monoisotopic (exact) mass is 466 g/mol. The molecule has 2 aliphatic heterocycles. The zero-order valence-electron chi connectivity index (χ0n) is 18.0. The van der Waals surface area contributed by atoms with Crippen molar-refractivity contribution in [2.75, 3.05) is 40.6 Å². The van der Waals surface area contributed by atoms with Gasteiger partial charge in [0.05, 0.1) is 26.9 Å². The lowest BCUT2D eigenvalue weighted by Gasteiger charge is -2.47. The summed E-state index contributed by atoms with van der Waals surface area (Å²) in [6, 6.07) is 4.55. The van der Waals surface area contributed by atoms with Gasteiger partial charge in [0.2, 0.25) is 0 Å². The number of benzene rings is 1. The molecule has 1 aromatic carbocycles. The second-order valence-corrected chi connectivity index (χ2v) is 7.89. The molecule has 2 aliphatic rings. The SMILES string of the molecule is COc1cc2c(cc1OC)[C@@H]1C[C@H](OCC[18F])[C@@H](CC(C)C)CN1CC2.S.S.S. The number of rotatable bonds is 7. The van der Waals surface area contributed by atoms with Crippen LogP contribution in [-0.2, 0) is 11.2 Å². The molecule has 1 saturated heterocycles. The molecule has 0 spiro atoms. The number of hydrogen-bond acceptors (Lipinski definition) is 4. The molecule has 1 fully saturated rings. The maximum Gasteiger partial charge on any atom is 0.161 e. The van der Waals surface area contributed by atoms with Gasteiger partial charge in [0.15, 0.2) is 11.5 Å². The lowest BCUT2D eigenvalue weighted by molar-refractivity contribution is -0.0664. The van der Waals surface area contributed by atoms with Crippen LogP contribution in [0.5, 0.6) is 11.5 Å². The summed E-state index contributed by atoms with van der Waals surface area (Å²) in [5, 5.41) is 0. The van der Waals surface area contributed by atoms with Crippen LogP contribution in [0, 0.1) is 11.8 Å². The molecule has 0 aromatic heterocycles. The maximum atomic E-state index is 12.7. The fraction of sp³-hybridized carbons (Fsp3) is 0.714. The third-order valence-corrected chi connectivity index (χ3v) is 5.75. The van der Waals surface area contributed by atoms with Gasteiger partial charge in [-0.15, -0.1) is 0 Å². The molecule has 4 nitrogen and oxygen atoms in total. The lowest BCUT2D eigenvalue weighted by atomic mass is 9.79. The Labute approximate surface area is 196 Å². The van der Waals surface area contributed by atoms with Crippen molar-refractivity contribution in [3.05, 3.63) is 23.3 Å². The van der Waals surface area contributed by atoms with E-state index in [-0.39, 0.29) is 53.2 Å². The third kappa shape index (κ3) is 6.60. The highest BCUT2D eigenvalue weighted by molar-refractivity contribution is 7.59. The second-order valence-electron chi connectivity index (χ2n) is 7.89. The van der Waals surface area contributed by atoms with Crippen molar-refractivity contribution in [2.24, 2.45) is 11.8 Å². The molecule has 0 unspecified atom stereocenters. The first kappa shape index (κ1) is 28.7. The maximum absolute atomic E-state index is 12.7. The lowest BCUT2D eigenvalue weighted by Crippen LogP contribution is -2.49. The smallest absolute Gasteiger partial charge is 0.161 e. The van der Waals surface area contributed by atoms with Crippen LogP contribution >= 0.6 is 40.5 Å². The van der Waals surface area contributed by atoms with Crippen LogP contribution in [0.25, 0.3) is 0 Å². The van der Waals surface area contributed by atoms with Gasteiger partial charge in [0.1, 0.15) is 6.67 Å². The fourth-order valence-electron chi connectivity index (χ4n) is 4.64. The van der Waals surface area contributed by atoms with Crippen molar-refractivity contribution in [2.45, 2.75) is 45.3 Å². The summed E-state index contributed by atoms with van der Waals surface area (Å²) in [7, 11) is 3.36. The van der Waals surface area contributed by atoms with E-state index in [2.05, 4.69) is 30.9 Å². The predicted molar refractivity (Wildman–Crippen MR) is 132 cm³/mol.